The highest BCUT2D eigenvalue weighted by molar-refractivity contribution is 7.89. The van der Waals surface area contributed by atoms with Crippen molar-refractivity contribution in [2.45, 2.75) is 31.7 Å². The third kappa shape index (κ3) is 2.97. The van der Waals surface area contributed by atoms with E-state index in [1.807, 2.05) is 38.2 Å². The molecule has 0 aliphatic carbocycles. The van der Waals surface area contributed by atoms with Gasteiger partial charge in [-0.05, 0) is 56.2 Å². The molecule has 0 spiro atoms. The zero-order chi connectivity index (χ0) is 16.6. The van der Waals surface area contributed by atoms with E-state index in [9.17, 15) is 8.42 Å². The molecule has 3 aromatic rings. The molecule has 23 heavy (non-hydrogen) atoms. The zero-order valence-corrected chi connectivity index (χ0v) is 14.0. The van der Waals surface area contributed by atoms with Gasteiger partial charge in [-0.2, -0.15) is 0 Å². The van der Waals surface area contributed by atoms with E-state index >= 15 is 0 Å². The minimum absolute atomic E-state index is 0.251. The monoisotopic (exact) mass is 330 g/mol. The van der Waals surface area contributed by atoms with Crippen LogP contribution in [0.2, 0.25) is 0 Å². The summed E-state index contributed by atoms with van der Waals surface area (Å²) in [5.74, 6) is 0.549. The largest absolute Gasteiger partial charge is 0.285 e. The van der Waals surface area contributed by atoms with Crippen molar-refractivity contribution < 1.29 is 8.42 Å². The quantitative estimate of drug-likeness (QED) is 0.797. The molecule has 0 amide bonds. The number of benzene rings is 1. The fourth-order valence-electron chi connectivity index (χ4n) is 2.39. The van der Waals surface area contributed by atoms with Crippen molar-refractivity contribution in [3.63, 3.8) is 0 Å². The number of aromatic nitrogens is 3. The highest BCUT2D eigenvalue weighted by atomic mass is 32.2. The number of aryl methyl sites for hydroxylation is 2. The Morgan fingerprint density at radius 1 is 1.09 bits per heavy atom. The Balaban J connectivity index is 1.92. The number of rotatable bonds is 4. The van der Waals surface area contributed by atoms with Crippen LogP contribution >= 0.6 is 0 Å². The van der Waals surface area contributed by atoms with Crippen molar-refractivity contribution in [2.75, 3.05) is 0 Å². The van der Waals surface area contributed by atoms with Crippen LogP contribution in [-0.4, -0.2) is 23.0 Å². The maximum absolute atomic E-state index is 12.6. The summed E-state index contributed by atoms with van der Waals surface area (Å²) >= 11 is 0. The summed E-state index contributed by atoms with van der Waals surface area (Å²) in [5, 5.41) is 8.14. The van der Waals surface area contributed by atoms with Crippen molar-refractivity contribution in [1.82, 2.24) is 19.3 Å². The van der Waals surface area contributed by atoms with Gasteiger partial charge in [0.2, 0.25) is 10.0 Å². The van der Waals surface area contributed by atoms with E-state index < -0.39 is 16.1 Å². The van der Waals surface area contributed by atoms with Crippen molar-refractivity contribution in [1.29, 1.82) is 0 Å². The topological polar surface area (TPSA) is 76.4 Å². The summed E-state index contributed by atoms with van der Waals surface area (Å²) in [5.41, 5.74) is 2.67. The van der Waals surface area contributed by atoms with Crippen molar-refractivity contribution >= 4 is 15.7 Å². The molecule has 120 valence electrons. The lowest BCUT2D eigenvalue weighted by atomic mass is 10.1. The van der Waals surface area contributed by atoms with Crippen LogP contribution in [0.1, 0.15) is 29.9 Å². The van der Waals surface area contributed by atoms with Crippen molar-refractivity contribution in [2.24, 2.45) is 0 Å². The maximum atomic E-state index is 12.6. The molecule has 0 saturated heterocycles. The average Bonchev–Trinajstić information content (AvgIpc) is 2.93. The Morgan fingerprint density at radius 3 is 2.61 bits per heavy atom. The Kier molecular flexibility index (Phi) is 3.91. The molecule has 7 heteroatoms. The van der Waals surface area contributed by atoms with E-state index in [0.717, 1.165) is 11.1 Å². The fraction of sp³-hybridized carbons (Fsp3) is 0.250. The minimum Gasteiger partial charge on any atom is -0.285 e. The Hall–Kier alpha value is -2.25. The number of nitrogens with zero attached hydrogens (tertiary/aromatic N) is 3. The van der Waals surface area contributed by atoms with Crippen molar-refractivity contribution in [3.05, 3.63) is 59.5 Å². The first-order chi connectivity index (χ1) is 10.9. The van der Waals surface area contributed by atoms with E-state index in [1.54, 1.807) is 29.5 Å². The van der Waals surface area contributed by atoms with Crippen LogP contribution in [0.15, 0.2) is 47.5 Å². The maximum Gasteiger partial charge on any atom is 0.241 e. The second-order valence-electron chi connectivity index (χ2n) is 5.58. The molecule has 1 unspecified atom stereocenters. The molecule has 1 aromatic carbocycles. The Bertz CT molecular complexity index is 963. The SMILES string of the molecule is Cc1ccc(S(=O)(=O)NC(C)c2nnc3ccccn23)cc1C. The van der Waals surface area contributed by atoms with Gasteiger partial charge < -0.3 is 0 Å². The molecular formula is C16H18N4O2S. The number of sulfonamides is 1. The van der Waals surface area contributed by atoms with Gasteiger partial charge in [-0.15, -0.1) is 10.2 Å². The van der Waals surface area contributed by atoms with Gasteiger partial charge in [0.25, 0.3) is 0 Å². The smallest absolute Gasteiger partial charge is 0.241 e. The van der Waals surface area contributed by atoms with Crippen LogP contribution in [0.3, 0.4) is 0 Å². The molecule has 0 radical (unpaired) electrons. The fourth-order valence-corrected chi connectivity index (χ4v) is 3.68. The van der Waals surface area contributed by atoms with Crippen LogP contribution in [0, 0.1) is 13.8 Å². The molecule has 2 heterocycles. The average molecular weight is 330 g/mol. The highest BCUT2D eigenvalue weighted by Crippen LogP contribution is 2.18. The first kappa shape index (κ1) is 15.6. The number of fused-ring (bicyclic) bond motifs is 1. The zero-order valence-electron chi connectivity index (χ0n) is 13.2. The predicted molar refractivity (Wildman–Crippen MR) is 87.6 cm³/mol. The predicted octanol–water partition coefficient (Wildman–Crippen LogP) is 2.39. The second kappa shape index (κ2) is 5.75. The molecule has 0 fully saturated rings. The van der Waals surface area contributed by atoms with E-state index in [2.05, 4.69) is 14.9 Å². The highest BCUT2D eigenvalue weighted by Gasteiger charge is 2.22. The summed E-state index contributed by atoms with van der Waals surface area (Å²) in [6, 6.07) is 10.1. The molecule has 0 aliphatic heterocycles. The van der Waals surface area contributed by atoms with Gasteiger partial charge in [-0.1, -0.05) is 12.1 Å². The standard InChI is InChI=1S/C16H18N4O2S/c1-11-7-8-14(10-12(11)2)23(21,22)19-13(3)16-18-17-15-6-4-5-9-20(15)16/h4-10,13,19H,1-3H3. The normalized spacial score (nSPS) is 13.3. The molecule has 1 N–H and O–H groups in total. The molecule has 0 bridgehead atoms. The van der Waals surface area contributed by atoms with Gasteiger partial charge in [0.15, 0.2) is 11.5 Å². The lowest BCUT2D eigenvalue weighted by molar-refractivity contribution is 0.558. The molecule has 1 atom stereocenters. The van der Waals surface area contributed by atoms with Crippen LogP contribution in [-0.2, 0) is 10.0 Å². The van der Waals surface area contributed by atoms with Gasteiger partial charge in [0.05, 0.1) is 10.9 Å². The molecule has 3 rings (SSSR count). The Labute approximate surface area is 135 Å². The van der Waals surface area contributed by atoms with Crippen LogP contribution in [0.5, 0.6) is 0 Å². The number of pyridine rings is 1. The van der Waals surface area contributed by atoms with E-state index in [-0.39, 0.29) is 4.90 Å². The van der Waals surface area contributed by atoms with Gasteiger partial charge >= 0.3 is 0 Å². The van der Waals surface area contributed by atoms with E-state index in [0.29, 0.717) is 11.5 Å². The van der Waals surface area contributed by atoms with E-state index in [1.165, 1.54) is 0 Å². The lowest BCUT2D eigenvalue weighted by Crippen LogP contribution is -2.28. The van der Waals surface area contributed by atoms with Gasteiger partial charge in [-0.3, -0.25) is 4.40 Å². The van der Waals surface area contributed by atoms with Crippen LogP contribution < -0.4 is 4.72 Å². The van der Waals surface area contributed by atoms with Gasteiger partial charge in [-0.25, -0.2) is 13.1 Å². The minimum atomic E-state index is -3.62. The van der Waals surface area contributed by atoms with Crippen molar-refractivity contribution in [3.8, 4) is 0 Å². The van der Waals surface area contributed by atoms with Gasteiger partial charge in [0, 0.05) is 6.20 Å². The van der Waals surface area contributed by atoms with Crippen LogP contribution in [0.4, 0.5) is 0 Å². The summed E-state index contributed by atoms with van der Waals surface area (Å²) in [7, 11) is -3.62. The molecule has 2 aromatic heterocycles. The second-order valence-corrected chi connectivity index (χ2v) is 7.29. The van der Waals surface area contributed by atoms with Crippen LogP contribution in [0.25, 0.3) is 5.65 Å². The molecular weight excluding hydrogens is 312 g/mol. The first-order valence-electron chi connectivity index (χ1n) is 7.28. The third-order valence-corrected chi connectivity index (χ3v) is 5.39. The lowest BCUT2D eigenvalue weighted by Gasteiger charge is -2.13. The summed E-state index contributed by atoms with van der Waals surface area (Å²) in [6.07, 6.45) is 1.81. The number of nitrogens with one attached hydrogen (secondary N) is 1. The first-order valence-corrected chi connectivity index (χ1v) is 8.76. The molecule has 0 saturated carbocycles. The summed E-state index contributed by atoms with van der Waals surface area (Å²) in [4.78, 5) is 0.251. The molecule has 0 aliphatic rings. The Morgan fingerprint density at radius 2 is 1.87 bits per heavy atom. The van der Waals surface area contributed by atoms with Gasteiger partial charge in [0.1, 0.15) is 0 Å². The summed E-state index contributed by atoms with van der Waals surface area (Å²) in [6.45, 7) is 5.59. The van der Waals surface area contributed by atoms with E-state index in [4.69, 9.17) is 0 Å². The number of hydrogen-bond donors (Lipinski definition) is 1. The third-order valence-electron chi connectivity index (χ3n) is 3.85. The summed E-state index contributed by atoms with van der Waals surface area (Å²) < 4.78 is 29.6. The number of hydrogen-bond acceptors (Lipinski definition) is 4. The molecule has 6 nitrogen and oxygen atoms in total.